The first-order chi connectivity index (χ1) is 15.1. The van der Waals surface area contributed by atoms with Crippen LogP contribution in [0.4, 0.5) is 23.0 Å². The number of primary amides is 1. The van der Waals surface area contributed by atoms with Crippen LogP contribution in [0.2, 0.25) is 0 Å². The Morgan fingerprint density at radius 1 is 0.871 bits per heavy atom. The molecule has 2 heterocycles. The zero-order chi connectivity index (χ0) is 21.8. The molecule has 0 saturated carbocycles. The average molecular weight is 412 g/mol. The maximum Gasteiger partial charge on any atom is 0.254 e. The van der Waals surface area contributed by atoms with Gasteiger partial charge in [0.05, 0.1) is 22.5 Å². The summed E-state index contributed by atoms with van der Waals surface area (Å²) in [5.41, 5.74) is 7.07. The first-order valence-corrected chi connectivity index (χ1v) is 9.55. The van der Waals surface area contributed by atoms with E-state index in [9.17, 15) is 9.59 Å². The minimum absolute atomic E-state index is 0.312. The smallest absolute Gasteiger partial charge is 0.254 e. The van der Waals surface area contributed by atoms with Crippen molar-refractivity contribution in [3.8, 4) is 0 Å². The standard InChI is InChI=1S/C23H20N6O2/c1-25-23(31)17-13-27-20(29-22-15-7-3-2-6-14(15)10-11-26-22)12-19(17)28-18-9-5-4-8-16(18)21(24)30/h2-13H,1H3,(H2,24,30)(H,25,31)(H2,26,27,28,29). The fourth-order valence-electron chi connectivity index (χ4n) is 3.24. The molecule has 5 N–H and O–H groups in total. The topological polar surface area (TPSA) is 122 Å². The molecule has 0 aliphatic heterocycles. The van der Waals surface area contributed by atoms with Crippen molar-refractivity contribution in [1.82, 2.24) is 15.3 Å². The Balaban J connectivity index is 1.75. The lowest BCUT2D eigenvalue weighted by atomic mass is 10.1. The zero-order valence-electron chi connectivity index (χ0n) is 16.7. The van der Waals surface area contributed by atoms with E-state index in [0.29, 0.717) is 34.1 Å². The Kier molecular flexibility index (Phi) is 5.44. The maximum absolute atomic E-state index is 12.4. The molecule has 0 radical (unpaired) electrons. The number of pyridine rings is 2. The summed E-state index contributed by atoms with van der Waals surface area (Å²) in [7, 11) is 1.54. The molecule has 4 aromatic rings. The van der Waals surface area contributed by atoms with E-state index >= 15 is 0 Å². The van der Waals surface area contributed by atoms with Gasteiger partial charge >= 0.3 is 0 Å². The van der Waals surface area contributed by atoms with Crippen LogP contribution in [0.3, 0.4) is 0 Å². The number of nitrogens with one attached hydrogen (secondary N) is 3. The Labute approximate surface area is 178 Å². The van der Waals surface area contributed by atoms with Gasteiger partial charge < -0.3 is 21.7 Å². The number of carbonyl (C=O) groups excluding carboxylic acids is 2. The van der Waals surface area contributed by atoms with Gasteiger partial charge in [-0.1, -0.05) is 36.4 Å². The highest BCUT2D eigenvalue weighted by Gasteiger charge is 2.15. The van der Waals surface area contributed by atoms with E-state index in [1.165, 1.54) is 13.2 Å². The highest BCUT2D eigenvalue weighted by atomic mass is 16.2. The van der Waals surface area contributed by atoms with Crippen molar-refractivity contribution < 1.29 is 9.59 Å². The molecule has 4 rings (SSSR count). The molecule has 8 heteroatoms. The van der Waals surface area contributed by atoms with Crippen LogP contribution in [0, 0.1) is 0 Å². The van der Waals surface area contributed by atoms with Crippen LogP contribution in [0.5, 0.6) is 0 Å². The molecule has 2 aromatic carbocycles. The third kappa shape index (κ3) is 4.13. The maximum atomic E-state index is 12.4. The Hall–Kier alpha value is -4.46. The summed E-state index contributed by atoms with van der Waals surface area (Å²) in [5.74, 6) is 0.232. The van der Waals surface area contributed by atoms with Gasteiger partial charge in [-0.3, -0.25) is 9.59 Å². The number of amides is 2. The third-order valence-corrected chi connectivity index (χ3v) is 4.76. The first-order valence-electron chi connectivity index (χ1n) is 9.55. The van der Waals surface area contributed by atoms with Crippen LogP contribution in [0.1, 0.15) is 20.7 Å². The largest absolute Gasteiger partial charge is 0.366 e. The van der Waals surface area contributed by atoms with Gasteiger partial charge in [0.2, 0.25) is 0 Å². The lowest BCUT2D eigenvalue weighted by molar-refractivity contribution is 0.0962. The third-order valence-electron chi connectivity index (χ3n) is 4.76. The highest BCUT2D eigenvalue weighted by molar-refractivity contribution is 6.03. The molecular weight excluding hydrogens is 392 g/mol. The summed E-state index contributed by atoms with van der Waals surface area (Å²) in [6.07, 6.45) is 3.17. The number of carbonyl (C=O) groups is 2. The molecule has 0 fully saturated rings. The second-order valence-electron chi connectivity index (χ2n) is 6.73. The zero-order valence-corrected chi connectivity index (χ0v) is 16.7. The Bertz CT molecular complexity index is 1280. The molecule has 0 unspecified atom stereocenters. The van der Waals surface area contributed by atoms with Gasteiger partial charge in [-0.05, 0) is 23.6 Å². The number of anilines is 4. The van der Waals surface area contributed by atoms with Gasteiger partial charge in [0.25, 0.3) is 11.8 Å². The molecule has 31 heavy (non-hydrogen) atoms. The van der Waals surface area contributed by atoms with E-state index in [4.69, 9.17) is 5.73 Å². The lowest BCUT2D eigenvalue weighted by Crippen LogP contribution is -2.20. The Morgan fingerprint density at radius 3 is 2.45 bits per heavy atom. The van der Waals surface area contributed by atoms with Crippen LogP contribution >= 0.6 is 0 Å². The van der Waals surface area contributed by atoms with Crippen molar-refractivity contribution in [1.29, 1.82) is 0 Å². The fourth-order valence-corrected chi connectivity index (χ4v) is 3.24. The molecule has 0 saturated heterocycles. The number of fused-ring (bicyclic) bond motifs is 1. The quantitative estimate of drug-likeness (QED) is 0.384. The summed E-state index contributed by atoms with van der Waals surface area (Å²) >= 11 is 0. The highest BCUT2D eigenvalue weighted by Crippen LogP contribution is 2.28. The summed E-state index contributed by atoms with van der Waals surface area (Å²) in [6.45, 7) is 0. The predicted octanol–water partition coefficient (Wildman–Crippen LogP) is 3.58. The van der Waals surface area contributed by atoms with Crippen molar-refractivity contribution in [2.45, 2.75) is 0 Å². The number of hydrogen-bond acceptors (Lipinski definition) is 6. The number of benzene rings is 2. The van der Waals surface area contributed by atoms with E-state index in [-0.39, 0.29) is 5.91 Å². The van der Waals surface area contributed by atoms with Crippen LogP contribution in [0.15, 0.2) is 73.1 Å². The van der Waals surface area contributed by atoms with Gasteiger partial charge in [0.1, 0.15) is 11.6 Å². The van der Waals surface area contributed by atoms with E-state index in [2.05, 4.69) is 25.9 Å². The monoisotopic (exact) mass is 412 g/mol. The minimum atomic E-state index is -0.572. The van der Waals surface area contributed by atoms with Gasteiger partial charge in [0, 0.05) is 30.9 Å². The van der Waals surface area contributed by atoms with Gasteiger partial charge in [0.15, 0.2) is 0 Å². The van der Waals surface area contributed by atoms with E-state index in [1.807, 2.05) is 30.3 Å². The van der Waals surface area contributed by atoms with Crippen LogP contribution < -0.4 is 21.7 Å². The van der Waals surface area contributed by atoms with Crippen LogP contribution in [0.25, 0.3) is 10.8 Å². The molecule has 0 aliphatic rings. The molecule has 0 aliphatic carbocycles. The van der Waals surface area contributed by atoms with Crippen molar-refractivity contribution in [3.63, 3.8) is 0 Å². The second kappa shape index (κ2) is 8.50. The van der Waals surface area contributed by atoms with Crippen molar-refractivity contribution in [2.75, 3.05) is 17.7 Å². The van der Waals surface area contributed by atoms with E-state index in [1.54, 1.807) is 36.5 Å². The fraction of sp³-hybridized carbons (Fsp3) is 0.0435. The number of aromatic nitrogens is 2. The van der Waals surface area contributed by atoms with Crippen molar-refractivity contribution in [3.05, 3.63) is 84.2 Å². The van der Waals surface area contributed by atoms with Crippen molar-refractivity contribution >= 4 is 45.6 Å². The van der Waals surface area contributed by atoms with Crippen LogP contribution in [-0.4, -0.2) is 28.8 Å². The van der Waals surface area contributed by atoms with Gasteiger partial charge in [-0.25, -0.2) is 9.97 Å². The molecule has 0 bridgehead atoms. The second-order valence-corrected chi connectivity index (χ2v) is 6.73. The molecule has 0 atom stereocenters. The predicted molar refractivity (Wildman–Crippen MR) is 121 cm³/mol. The summed E-state index contributed by atoms with van der Waals surface area (Å²) in [6, 6.07) is 18.3. The molecular formula is C23H20N6O2. The van der Waals surface area contributed by atoms with Crippen LogP contribution in [-0.2, 0) is 0 Å². The SMILES string of the molecule is CNC(=O)c1cnc(Nc2nccc3ccccc23)cc1Nc1ccccc1C(N)=O. The molecule has 8 nitrogen and oxygen atoms in total. The summed E-state index contributed by atoms with van der Waals surface area (Å²) in [5, 5.41) is 10.9. The number of nitrogens with two attached hydrogens (primary N) is 1. The van der Waals surface area contributed by atoms with Gasteiger partial charge in [-0.15, -0.1) is 0 Å². The number of nitrogens with zero attached hydrogens (tertiary/aromatic N) is 2. The number of rotatable bonds is 6. The number of para-hydroxylation sites is 1. The Morgan fingerprint density at radius 2 is 1.65 bits per heavy atom. The molecule has 0 spiro atoms. The summed E-state index contributed by atoms with van der Waals surface area (Å²) < 4.78 is 0. The van der Waals surface area contributed by atoms with E-state index < -0.39 is 5.91 Å². The normalized spacial score (nSPS) is 10.5. The molecule has 154 valence electrons. The lowest BCUT2D eigenvalue weighted by Gasteiger charge is -2.15. The molecule has 2 aromatic heterocycles. The van der Waals surface area contributed by atoms with Crippen molar-refractivity contribution in [2.24, 2.45) is 5.73 Å². The minimum Gasteiger partial charge on any atom is -0.366 e. The first kappa shape index (κ1) is 19.8. The molecule has 2 amide bonds. The van der Waals surface area contributed by atoms with Gasteiger partial charge in [-0.2, -0.15) is 0 Å². The average Bonchev–Trinajstić information content (AvgIpc) is 2.79. The van der Waals surface area contributed by atoms with E-state index in [0.717, 1.165) is 10.8 Å². The number of hydrogen-bond donors (Lipinski definition) is 4. The summed E-state index contributed by atoms with van der Waals surface area (Å²) in [4.78, 5) is 32.9.